The molecule has 0 heterocycles. The van der Waals surface area contributed by atoms with Gasteiger partial charge in [-0.25, -0.2) is 0 Å². The molecule has 1 fully saturated rings. The van der Waals surface area contributed by atoms with E-state index in [4.69, 9.17) is 11.6 Å². The first-order valence-corrected chi connectivity index (χ1v) is 6.06. The summed E-state index contributed by atoms with van der Waals surface area (Å²) in [4.78, 5) is 0. The predicted molar refractivity (Wildman–Crippen MR) is 63.6 cm³/mol. The van der Waals surface area contributed by atoms with E-state index in [0.717, 1.165) is 18.4 Å². The normalized spacial score (nSPS) is 34.6. The van der Waals surface area contributed by atoms with Gasteiger partial charge in [0.1, 0.15) is 0 Å². The van der Waals surface area contributed by atoms with Gasteiger partial charge in [-0.05, 0) is 43.6 Å². The Balaban J connectivity index is 2.26. The molecule has 1 aliphatic carbocycles. The Bertz CT molecular complexity index is 200. The van der Waals surface area contributed by atoms with Gasteiger partial charge < -0.3 is 5.32 Å². The Hall–Kier alpha value is -0.0100. The Morgan fingerprint density at radius 1 is 1.36 bits per heavy atom. The molecule has 1 N–H and O–H groups in total. The maximum absolute atomic E-state index is 5.62. The smallest absolute Gasteiger partial charge is 0.0176 e. The second-order valence-corrected chi connectivity index (χ2v) is 5.02. The first-order chi connectivity index (χ1) is 6.63. The zero-order valence-corrected chi connectivity index (χ0v) is 10.3. The number of hydrogen-bond donors (Lipinski definition) is 1. The minimum Gasteiger partial charge on any atom is -0.310 e. The molecule has 1 rings (SSSR count). The van der Waals surface area contributed by atoms with Gasteiger partial charge in [-0.1, -0.05) is 25.4 Å². The van der Waals surface area contributed by atoms with Gasteiger partial charge in [-0.15, -0.1) is 0 Å². The molecule has 0 radical (unpaired) electrons. The van der Waals surface area contributed by atoms with E-state index in [9.17, 15) is 0 Å². The first-order valence-electron chi connectivity index (χ1n) is 5.62. The maximum atomic E-state index is 5.62. The van der Waals surface area contributed by atoms with Gasteiger partial charge in [0, 0.05) is 18.1 Å². The van der Waals surface area contributed by atoms with Gasteiger partial charge in [0.25, 0.3) is 0 Å². The van der Waals surface area contributed by atoms with Crippen LogP contribution in [0.5, 0.6) is 0 Å². The minimum atomic E-state index is 0.702. The van der Waals surface area contributed by atoms with Crippen LogP contribution in [0, 0.1) is 11.8 Å². The fraction of sp³-hybridized carbons (Fsp3) is 0.833. The van der Waals surface area contributed by atoms with E-state index in [1.165, 1.54) is 24.8 Å². The van der Waals surface area contributed by atoms with Crippen LogP contribution in [0.4, 0.5) is 0 Å². The van der Waals surface area contributed by atoms with Crippen molar-refractivity contribution < 1.29 is 0 Å². The number of rotatable bonds is 3. The van der Waals surface area contributed by atoms with Gasteiger partial charge in [0.05, 0.1) is 0 Å². The number of hydrogen-bond acceptors (Lipinski definition) is 1. The number of nitrogens with one attached hydrogen (secondary N) is 1. The summed E-state index contributed by atoms with van der Waals surface area (Å²) in [5, 5.41) is 3.57. The van der Waals surface area contributed by atoms with Gasteiger partial charge in [0.2, 0.25) is 0 Å². The van der Waals surface area contributed by atoms with Crippen LogP contribution in [0.15, 0.2) is 11.1 Å². The molecule has 82 valence electrons. The van der Waals surface area contributed by atoms with Crippen LogP contribution >= 0.6 is 11.6 Å². The van der Waals surface area contributed by atoms with E-state index >= 15 is 0 Å². The highest BCUT2D eigenvalue weighted by Crippen LogP contribution is 2.29. The van der Waals surface area contributed by atoms with Crippen molar-refractivity contribution in [1.29, 1.82) is 0 Å². The zero-order chi connectivity index (χ0) is 10.6. The van der Waals surface area contributed by atoms with Crippen molar-refractivity contribution in [2.24, 2.45) is 11.8 Å². The van der Waals surface area contributed by atoms with E-state index in [0.29, 0.717) is 6.04 Å². The van der Waals surface area contributed by atoms with Crippen LogP contribution in [0.3, 0.4) is 0 Å². The summed E-state index contributed by atoms with van der Waals surface area (Å²) >= 11 is 5.62. The van der Waals surface area contributed by atoms with E-state index in [-0.39, 0.29) is 0 Å². The van der Waals surface area contributed by atoms with Crippen LogP contribution in [-0.4, -0.2) is 12.6 Å². The molecule has 0 aromatic carbocycles. The summed E-state index contributed by atoms with van der Waals surface area (Å²) in [7, 11) is 0. The zero-order valence-electron chi connectivity index (χ0n) is 9.52. The van der Waals surface area contributed by atoms with Gasteiger partial charge in [0.15, 0.2) is 0 Å². The molecule has 3 atom stereocenters. The summed E-state index contributed by atoms with van der Waals surface area (Å²) in [6, 6.07) is 0.702. The third-order valence-electron chi connectivity index (χ3n) is 3.45. The van der Waals surface area contributed by atoms with Crippen molar-refractivity contribution in [2.75, 3.05) is 6.54 Å². The molecular formula is C12H22ClN. The van der Waals surface area contributed by atoms with E-state index in [1.807, 2.05) is 0 Å². The molecule has 2 heteroatoms. The third kappa shape index (κ3) is 3.62. The molecule has 0 spiro atoms. The Morgan fingerprint density at radius 2 is 2.07 bits per heavy atom. The van der Waals surface area contributed by atoms with Crippen molar-refractivity contribution in [3.63, 3.8) is 0 Å². The minimum absolute atomic E-state index is 0.702. The van der Waals surface area contributed by atoms with Crippen molar-refractivity contribution in [3.8, 4) is 0 Å². The summed E-state index contributed by atoms with van der Waals surface area (Å²) in [6.45, 7) is 7.73. The second kappa shape index (κ2) is 5.77. The van der Waals surface area contributed by atoms with Crippen LogP contribution in [-0.2, 0) is 0 Å². The molecule has 0 aromatic rings. The van der Waals surface area contributed by atoms with Crippen molar-refractivity contribution >= 4 is 11.6 Å². The standard InChI is InChI=1S/C12H22ClN/c1-9(7-13)8-14-12-5-4-10(2)11(3)6-12/h7,10-12,14H,4-6,8H2,1-3H3. The molecule has 1 saturated carbocycles. The van der Waals surface area contributed by atoms with Crippen molar-refractivity contribution in [1.82, 2.24) is 5.32 Å². The van der Waals surface area contributed by atoms with E-state index in [2.05, 4.69) is 26.1 Å². The van der Waals surface area contributed by atoms with Crippen LogP contribution in [0.2, 0.25) is 0 Å². The van der Waals surface area contributed by atoms with Crippen molar-refractivity contribution in [3.05, 3.63) is 11.1 Å². The molecule has 0 aromatic heterocycles. The average Bonchev–Trinajstić information content (AvgIpc) is 2.19. The molecular weight excluding hydrogens is 194 g/mol. The topological polar surface area (TPSA) is 12.0 Å². The molecule has 0 aliphatic heterocycles. The summed E-state index contributed by atoms with van der Waals surface area (Å²) < 4.78 is 0. The Labute approximate surface area is 92.9 Å². The second-order valence-electron chi connectivity index (χ2n) is 4.80. The summed E-state index contributed by atoms with van der Waals surface area (Å²) in [5.74, 6) is 1.76. The molecule has 0 amide bonds. The van der Waals surface area contributed by atoms with Gasteiger partial charge in [-0.3, -0.25) is 0 Å². The molecule has 3 unspecified atom stereocenters. The highest BCUT2D eigenvalue weighted by molar-refractivity contribution is 6.25. The quantitative estimate of drug-likeness (QED) is 0.760. The largest absolute Gasteiger partial charge is 0.310 e. The van der Waals surface area contributed by atoms with Crippen LogP contribution in [0.25, 0.3) is 0 Å². The molecule has 14 heavy (non-hydrogen) atoms. The lowest BCUT2D eigenvalue weighted by Crippen LogP contribution is -2.36. The highest BCUT2D eigenvalue weighted by atomic mass is 35.5. The molecule has 0 bridgehead atoms. The predicted octanol–water partition coefficient (Wildman–Crippen LogP) is 3.54. The monoisotopic (exact) mass is 215 g/mol. The molecule has 1 nitrogen and oxygen atoms in total. The van der Waals surface area contributed by atoms with Crippen LogP contribution in [0.1, 0.15) is 40.0 Å². The molecule has 1 aliphatic rings. The lowest BCUT2D eigenvalue weighted by molar-refractivity contribution is 0.229. The van der Waals surface area contributed by atoms with E-state index < -0.39 is 0 Å². The lowest BCUT2D eigenvalue weighted by atomic mass is 9.79. The Kier molecular flexibility index (Phi) is 4.97. The number of halogens is 1. The maximum Gasteiger partial charge on any atom is 0.0176 e. The first kappa shape index (κ1) is 12.1. The third-order valence-corrected chi connectivity index (χ3v) is 3.83. The van der Waals surface area contributed by atoms with Gasteiger partial charge >= 0.3 is 0 Å². The van der Waals surface area contributed by atoms with Gasteiger partial charge in [-0.2, -0.15) is 0 Å². The molecule has 0 saturated heterocycles. The SMILES string of the molecule is CC(=CCl)CNC1CCC(C)C(C)C1. The van der Waals surface area contributed by atoms with Crippen molar-refractivity contribution in [2.45, 2.75) is 46.1 Å². The lowest BCUT2D eigenvalue weighted by Gasteiger charge is -2.32. The average molecular weight is 216 g/mol. The van der Waals surface area contributed by atoms with Crippen LogP contribution < -0.4 is 5.32 Å². The summed E-state index contributed by atoms with van der Waals surface area (Å²) in [6.07, 6.45) is 4.00. The fourth-order valence-electron chi connectivity index (χ4n) is 2.08. The van der Waals surface area contributed by atoms with E-state index in [1.54, 1.807) is 5.54 Å². The highest BCUT2D eigenvalue weighted by Gasteiger charge is 2.23. The Morgan fingerprint density at radius 3 is 2.64 bits per heavy atom. The summed E-state index contributed by atoms with van der Waals surface area (Å²) in [5.41, 5.74) is 2.89. The fourth-order valence-corrected chi connectivity index (χ4v) is 2.15.